The number of hydrogen-bond acceptors (Lipinski definition) is 1. The highest BCUT2D eigenvalue weighted by atomic mass is 16.1. The van der Waals surface area contributed by atoms with Crippen LogP contribution in [0.1, 0.15) is 29.3 Å². The maximum Gasteiger partial charge on any atom is 0.269 e. The lowest BCUT2D eigenvalue weighted by molar-refractivity contribution is 0.650. The number of aromatic amines is 1. The highest BCUT2D eigenvalue weighted by molar-refractivity contribution is 5.26. The fourth-order valence-electron chi connectivity index (χ4n) is 2.04. The predicted octanol–water partition coefficient (Wildman–Crippen LogP) is 2.40. The highest BCUT2D eigenvalue weighted by Gasteiger charge is 2.09. The van der Waals surface area contributed by atoms with Crippen molar-refractivity contribution < 1.29 is 0 Å². The molecule has 0 radical (unpaired) electrons. The maximum atomic E-state index is 12.0. The van der Waals surface area contributed by atoms with Gasteiger partial charge in [0, 0.05) is 11.3 Å². The van der Waals surface area contributed by atoms with E-state index in [0.717, 1.165) is 17.7 Å². The monoisotopic (exact) mass is 230 g/mol. The molecule has 3 nitrogen and oxygen atoms in total. The summed E-state index contributed by atoms with van der Waals surface area (Å²) in [5, 5.41) is 3.18. The summed E-state index contributed by atoms with van der Waals surface area (Å²) in [6, 6.07) is 8.14. The van der Waals surface area contributed by atoms with Gasteiger partial charge in [-0.25, -0.2) is 4.68 Å². The summed E-state index contributed by atoms with van der Waals surface area (Å²) in [5.74, 6) is 0. The first-order valence-electron chi connectivity index (χ1n) is 5.96. The van der Waals surface area contributed by atoms with Gasteiger partial charge in [-0.15, -0.1) is 0 Å². The van der Waals surface area contributed by atoms with E-state index in [1.54, 1.807) is 4.68 Å². The van der Waals surface area contributed by atoms with Crippen molar-refractivity contribution in [2.24, 2.45) is 0 Å². The Bertz CT molecular complexity index is 578. The molecule has 2 aromatic rings. The van der Waals surface area contributed by atoms with Crippen LogP contribution in [0.4, 0.5) is 0 Å². The van der Waals surface area contributed by atoms with E-state index in [1.807, 2.05) is 19.1 Å². The SMILES string of the molecule is CCc1[nH]n(Cc2ccccc2C)c(=O)c1C. The van der Waals surface area contributed by atoms with Gasteiger partial charge in [-0.1, -0.05) is 31.2 Å². The Kier molecular flexibility index (Phi) is 3.18. The van der Waals surface area contributed by atoms with Gasteiger partial charge in [0.2, 0.25) is 0 Å². The first-order chi connectivity index (χ1) is 8.13. The molecule has 17 heavy (non-hydrogen) atoms. The number of rotatable bonds is 3. The van der Waals surface area contributed by atoms with E-state index < -0.39 is 0 Å². The van der Waals surface area contributed by atoms with Gasteiger partial charge in [-0.05, 0) is 31.4 Å². The van der Waals surface area contributed by atoms with Gasteiger partial charge in [-0.2, -0.15) is 0 Å². The molecule has 0 unspecified atom stereocenters. The molecule has 0 saturated carbocycles. The van der Waals surface area contributed by atoms with Crippen molar-refractivity contribution in [3.05, 3.63) is 57.0 Å². The van der Waals surface area contributed by atoms with E-state index in [-0.39, 0.29) is 5.56 Å². The van der Waals surface area contributed by atoms with Crippen LogP contribution in [-0.2, 0) is 13.0 Å². The average Bonchev–Trinajstić information content (AvgIpc) is 2.60. The van der Waals surface area contributed by atoms with Crippen molar-refractivity contribution >= 4 is 0 Å². The fourth-order valence-corrected chi connectivity index (χ4v) is 2.04. The standard InChI is InChI=1S/C14H18N2O/c1-4-13-11(3)14(17)16(15-13)9-12-8-6-5-7-10(12)2/h5-8,15H,4,9H2,1-3H3. The van der Waals surface area contributed by atoms with E-state index >= 15 is 0 Å². The number of hydrogen-bond donors (Lipinski definition) is 1. The Hall–Kier alpha value is -1.77. The lowest BCUT2D eigenvalue weighted by Crippen LogP contribution is -2.19. The van der Waals surface area contributed by atoms with Gasteiger partial charge in [0.05, 0.1) is 6.54 Å². The molecule has 0 spiro atoms. The predicted molar refractivity (Wildman–Crippen MR) is 69.4 cm³/mol. The molecule has 0 saturated heterocycles. The third-order valence-electron chi connectivity index (χ3n) is 3.23. The molecular weight excluding hydrogens is 212 g/mol. The van der Waals surface area contributed by atoms with Gasteiger partial charge >= 0.3 is 0 Å². The van der Waals surface area contributed by atoms with E-state index in [9.17, 15) is 4.79 Å². The Balaban J connectivity index is 2.37. The minimum atomic E-state index is 0.0881. The first-order valence-corrected chi connectivity index (χ1v) is 5.96. The molecule has 1 heterocycles. The van der Waals surface area contributed by atoms with Gasteiger partial charge in [0.15, 0.2) is 0 Å². The minimum Gasteiger partial charge on any atom is -0.299 e. The molecule has 1 aromatic carbocycles. The third-order valence-corrected chi connectivity index (χ3v) is 3.23. The molecular formula is C14H18N2O. The number of aromatic nitrogens is 2. The van der Waals surface area contributed by atoms with Crippen LogP contribution < -0.4 is 5.56 Å². The quantitative estimate of drug-likeness (QED) is 0.863. The zero-order valence-corrected chi connectivity index (χ0v) is 10.6. The molecule has 0 amide bonds. The lowest BCUT2D eigenvalue weighted by Gasteiger charge is -2.05. The van der Waals surface area contributed by atoms with Crippen LogP contribution in [0.5, 0.6) is 0 Å². The Morgan fingerprint density at radius 3 is 2.53 bits per heavy atom. The summed E-state index contributed by atoms with van der Waals surface area (Å²) in [5.41, 5.74) is 4.35. The summed E-state index contributed by atoms with van der Waals surface area (Å²) in [6.07, 6.45) is 0.863. The second-order valence-corrected chi connectivity index (χ2v) is 4.39. The molecule has 0 aliphatic carbocycles. The maximum absolute atomic E-state index is 12.0. The Morgan fingerprint density at radius 2 is 1.94 bits per heavy atom. The second kappa shape index (κ2) is 4.62. The van der Waals surface area contributed by atoms with Crippen molar-refractivity contribution in [2.75, 3.05) is 0 Å². The molecule has 0 fully saturated rings. The van der Waals surface area contributed by atoms with Gasteiger partial charge in [-0.3, -0.25) is 9.89 Å². The Morgan fingerprint density at radius 1 is 1.24 bits per heavy atom. The van der Waals surface area contributed by atoms with Crippen molar-refractivity contribution in [3.8, 4) is 0 Å². The Labute approximate surface area is 101 Å². The number of aryl methyl sites for hydroxylation is 2. The average molecular weight is 230 g/mol. The van der Waals surface area contributed by atoms with Crippen molar-refractivity contribution in [2.45, 2.75) is 33.7 Å². The molecule has 3 heteroatoms. The zero-order chi connectivity index (χ0) is 12.4. The highest BCUT2D eigenvalue weighted by Crippen LogP contribution is 2.09. The molecule has 0 aliphatic heterocycles. The van der Waals surface area contributed by atoms with Crippen LogP contribution in [0.15, 0.2) is 29.1 Å². The van der Waals surface area contributed by atoms with Crippen LogP contribution >= 0.6 is 0 Å². The fraction of sp³-hybridized carbons (Fsp3) is 0.357. The van der Waals surface area contributed by atoms with Crippen molar-refractivity contribution in [1.29, 1.82) is 0 Å². The van der Waals surface area contributed by atoms with Crippen LogP contribution in [0, 0.1) is 13.8 Å². The third kappa shape index (κ3) is 2.18. The van der Waals surface area contributed by atoms with E-state index in [2.05, 4.69) is 31.1 Å². The van der Waals surface area contributed by atoms with Crippen molar-refractivity contribution in [1.82, 2.24) is 9.78 Å². The summed E-state index contributed by atoms with van der Waals surface area (Å²) in [6.45, 7) is 6.62. The number of nitrogens with zero attached hydrogens (tertiary/aromatic N) is 1. The van der Waals surface area contributed by atoms with E-state index in [0.29, 0.717) is 6.54 Å². The van der Waals surface area contributed by atoms with Gasteiger partial charge in [0.1, 0.15) is 0 Å². The van der Waals surface area contributed by atoms with Crippen LogP contribution in [0.25, 0.3) is 0 Å². The number of H-pyrrole nitrogens is 1. The van der Waals surface area contributed by atoms with Gasteiger partial charge in [0.25, 0.3) is 5.56 Å². The summed E-state index contributed by atoms with van der Waals surface area (Å²) < 4.78 is 1.69. The van der Waals surface area contributed by atoms with Crippen molar-refractivity contribution in [3.63, 3.8) is 0 Å². The molecule has 0 bridgehead atoms. The van der Waals surface area contributed by atoms with Gasteiger partial charge < -0.3 is 0 Å². The topological polar surface area (TPSA) is 37.8 Å². The minimum absolute atomic E-state index is 0.0881. The number of nitrogens with one attached hydrogen (secondary N) is 1. The second-order valence-electron chi connectivity index (χ2n) is 4.39. The normalized spacial score (nSPS) is 10.8. The smallest absolute Gasteiger partial charge is 0.269 e. The van der Waals surface area contributed by atoms with E-state index in [1.165, 1.54) is 11.1 Å². The summed E-state index contributed by atoms with van der Waals surface area (Å²) in [4.78, 5) is 12.0. The molecule has 2 rings (SSSR count). The molecule has 1 N–H and O–H groups in total. The van der Waals surface area contributed by atoms with Crippen LogP contribution in [-0.4, -0.2) is 9.78 Å². The molecule has 0 aliphatic rings. The molecule has 90 valence electrons. The zero-order valence-electron chi connectivity index (χ0n) is 10.6. The lowest BCUT2D eigenvalue weighted by atomic mass is 10.1. The molecule has 0 atom stereocenters. The van der Waals surface area contributed by atoms with Crippen LogP contribution in [0.2, 0.25) is 0 Å². The van der Waals surface area contributed by atoms with E-state index in [4.69, 9.17) is 0 Å². The summed E-state index contributed by atoms with van der Waals surface area (Å²) >= 11 is 0. The van der Waals surface area contributed by atoms with Crippen LogP contribution in [0.3, 0.4) is 0 Å². The summed E-state index contributed by atoms with van der Waals surface area (Å²) in [7, 11) is 0. The largest absolute Gasteiger partial charge is 0.299 e. The molecule has 1 aromatic heterocycles. The first kappa shape index (κ1) is 11.7. The number of benzene rings is 1.